The topological polar surface area (TPSA) is 81.1 Å². The molecule has 2 aromatic rings. The summed E-state index contributed by atoms with van der Waals surface area (Å²) in [6, 6.07) is 7.58. The third-order valence-corrected chi connectivity index (χ3v) is 12.4. The number of fused-ring (bicyclic) bond motifs is 1. The first-order valence-electron chi connectivity index (χ1n) is 17.8. The molecule has 2 aliphatic heterocycles. The van der Waals surface area contributed by atoms with E-state index in [0.717, 1.165) is 74.7 Å². The number of nitrogens with one attached hydrogen (secondary N) is 1. The standard InChI is InChI=1S/C36H61N5O4SSi/c1-10-36(44-22-23-45-36)20-15-13-14-16-31(38-46(42)35(4,5)6)34-37-27-33(40(34)28-43-24-25-47(7,8)9)29-17-18-32-30(26-29)19-21-39(11-2)41(32)12-3/h17-19,21,26-27,31,38H,10-16,20,22-25,28H2,1-9H3/t31-,46+/m0/s1. The molecule has 1 aromatic heterocycles. The molecule has 0 radical (unpaired) electrons. The highest BCUT2D eigenvalue weighted by Crippen LogP contribution is 2.35. The van der Waals surface area contributed by atoms with Gasteiger partial charge in [0, 0.05) is 51.5 Å². The van der Waals surface area contributed by atoms with Crippen LogP contribution in [-0.4, -0.2) is 70.3 Å². The maximum Gasteiger partial charge on any atom is 0.168 e. The van der Waals surface area contributed by atoms with Crippen molar-refractivity contribution in [3.8, 4) is 11.3 Å². The molecule has 3 heterocycles. The zero-order valence-corrected chi connectivity index (χ0v) is 32.4. The minimum Gasteiger partial charge on any atom is -0.361 e. The highest BCUT2D eigenvalue weighted by atomic mass is 32.2. The lowest BCUT2D eigenvalue weighted by Crippen LogP contribution is -2.40. The van der Waals surface area contributed by atoms with Crippen LogP contribution < -0.4 is 9.73 Å². The maximum absolute atomic E-state index is 13.5. The van der Waals surface area contributed by atoms with E-state index in [1.54, 1.807) is 0 Å². The van der Waals surface area contributed by atoms with Crippen LogP contribution in [0.2, 0.25) is 25.7 Å². The summed E-state index contributed by atoms with van der Waals surface area (Å²) >= 11 is 0. The van der Waals surface area contributed by atoms with Crippen LogP contribution in [0.3, 0.4) is 0 Å². The molecule has 0 amide bonds. The minimum absolute atomic E-state index is 0.185. The number of hydrogen-bond donors (Lipinski definition) is 1. The molecule has 0 bridgehead atoms. The van der Waals surface area contributed by atoms with Crippen molar-refractivity contribution in [3.63, 3.8) is 0 Å². The van der Waals surface area contributed by atoms with Crippen LogP contribution >= 0.6 is 0 Å². The van der Waals surface area contributed by atoms with E-state index in [1.165, 1.54) is 11.3 Å². The number of hydrazine groups is 1. The predicted octanol–water partition coefficient (Wildman–Crippen LogP) is 8.11. The van der Waals surface area contributed by atoms with Gasteiger partial charge in [-0.25, -0.2) is 13.9 Å². The first-order valence-corrected chi connectivity index (χ1v) is 22.6. The van der Waals surface area contributed by atoms with E-state index in [-0.39, 0.29) is 6.04 Å². The second-order valence-electron chi connectivity index (χ2n) is 15.0. The van der Waals surface area contributed by atoms with E-state index in [4.69, 9.17) is 19.2 Å². The van der Waals surface area contributed by atoms with Crippen molar-refractivity contribution in [1.82, 2.24) is 19.3 Å². The second kappa shape index (κ2) is 16.6. The van der Waals surface area contributed by atoms with E-state index >= 15 is 0 Å². The highest BCUT2D eigenvalue weighted by molar-refractivity contribution is 7.84. The number of unbranched alkanes of at least 4 members (excludes halogenated alkanes) is 2. The van der Waals surface area contributed by atoms with Gasteiger partial charge in [-0.3, -0.25) is 10.0 Å². The van der Waals surface area contributed by atoms with Crippen LogP contribution in [0.25, 0.3) is 17.3 Å². The van der Waals surface area contributed by atoms with E-state index in [0.29, 0.717) is 26.6 Å². The molecule has 2 atom stereocenters. The monoisotopic (exact) mass is 687 g/mol. The quantitative estimate of drug-likeness (QED) is 0.125. The second-order valence-corrected chi connectivity index (χ2v) is 22.6. The van der Waals surface area contributed by atoms with Gasteiger partial charge in [0.15, 0.2) is 5.79 Å². The van der Waals surface area contributed by atoms with Crippen molar-refractivity contribution in [2.45, 2.75) is 129 Å². The summed E-state index contributed by atoms with van der Waals surface area (Å²) in [5.41, 5.74) is 4.50. The molecule has 1 aromatic carbocycles. The Morgan fingerprint density at radius 2 is 1.83 bits per heavy atom. The van der Waals surface area contributed by atoms with Crippen LogP contribution in [-0.2, 0) is 31.9 Å². The van der Waals surface area contributed by atoms with Crippen LogP contribution in [0.15, 0.2) is 30.6 Å². The van der Waals surface area contributed by atoms with Crippen molar-refractivity contribution in [3.05, 3.63) is 42.0 Å². The smallest absolute Gasteiger partial charge is 0.168 e. The summed E-state index contributed by atoms with van der Waals surface area (Å²) in [6.45, 7) is 23.9. The number of aromatic nitrogens is 2. The van der Waals surface area contributed by atoms with Crippen molar-refractivity contribution in [2.24, 2.45) is 0 Å². The molecule has 1 saturated heterocycles. The Kier molecular flexibility index (Phi) is 13.3. The number of hydrogen-bond acceptors (Lipinski definition) is 7. The Morgan fingerprint density at radius 3 is 2.47 bits per heavy atom. The fraction of sp³-hybridized carbons (Fsp3) is 0.694. The molecular weight excluding hydrogens is 627 g/mol. The van der Waals surface area contributed by atoms with Gasteiger partial charge in [0.1, 0.15) is 12.6 Å². The van der Waals surface area contributed by atoms with Gasteiger partial charge in [-0.05, 0) is 78.1 Å². The van der Waals surface area contributed by atoms with Gasteiger partial charge in [-0.15, -0.1) is 0 Å². The lowest BCUT2D eigenvalue weighted by molar-refractivity contribution is -0.164. The molecule has 0 aliphatic carbocycles. The average Bonchev–Trinajstić information content (AvgIpc) is 3.68. The van der Waals surface area contributed by atoms with Gasteiger partial charge in [0.2, 0.25) is 0 Å². The highest BCUT2D eigenvalue weighted by Gasteiger charge is 2.34. The molecule has 11 heteroatoms. The Balaban J connectivity index is 1.61. The van der Waals surface area contributed by atoms with Crippen molar-refractivity contribution >= 4 is 30.8 Å². The van der Waals surface area contributed by atoms with Crippen LogP contribution in [0.5, 0.6) is 0 Å². The molecular formula is C36H61N5O4SSi. The normalized spacial score (nSPS) is 17.7. The Hall–Kier alpha value is -2.02. The van der Waals surface area contributed by atoms with Crippen LogP contribution in [0, 0.1) is 0 Å². The van der Waals surface area contributed by atoms with E-state index in [1.807, 2.05) is 27.0 Å². The molecule has 1 fully saturated rings. The largest absolute Gasteiger partial charge is 0.361 e. The van der Waals surface area contributed by atoms with Crippen molar-refractivity contribution in [2.75, 3.05) is 37.9 Å². The van der Waals surface area contributed by atoms with Gasteiger partial charge in [-0.2, -0.15) is 0 Å². The van der Waals surface area contributed by atoms with Crippen LogP contribution in [0.1, 0.15) is 97.5 Å². The number of benzene rings is 1. The number of rotatable bonds is 18. The molecule has 1 N–H and O–H groups in total. The first-order chi connectivity index (χ1) is 22.3. The molecule has 0 spiro atoms. The zero-order valence-electron chi connectivity index (χ0n) is 30.6. The molecule has 47 heavy (non-hydrogen) atoms. The molecule has 0 saturated carbocycles. The molecule has 2 aliphatic rings. The zero-order chi connectivity index (χ0) is 34.2. The van der Waals surface area contributed by atoms with Crippen LogP contribution in [0.4, 0.5) is 5.69 Å². The summed E-state index contributed by atoms with van der Waals surface area (Å²) in [5.74, 6) is 0.454. The van der Waals surface area contributed by atoms with Crippen molar-refractivity contribution < 1.29 is 18.4 Å². The number of ether oxygens (including phenoxy) is 3. The molecule has 264 valence electrons. The predicted molar refractivity (Wildman–Crippen MR) is 198 cm³/mol. The van der Waals surface area contributed by atoms with E-state index in [2.05, 4.69) is 90.2 Å². The summed E-state index contributed by atoms with van der Waals surface area (Å²) in [5, 5.41) is 4.56. The summed E-state index contributed by atoms with van der Waals surface area (Å²) in [6.07, 6.45) is 11.9. The summed E-state index contributed by atoms with van der Waals surface area (Å²) < 4.78 is 37.1. The SMILES string of the molecule is CCN1C=Cc2cc(-c3cnc([C@H](CCCCCC4(CC)OCCO4)N[S@](=O)C(C)(C)C)n3COCC[Si](C)(C)C)ccc2N1CC. The van der Waals surface area contributed by atoms with Gasteiger partial charge < -0.3 is 18.8 Å². The number of anilines is 1. The fourth-order valence-corrected chi connectivity index (χ4v) is 7.74. The van der Waals surface area contributed by atoms with Gasteiger partial charge in [0.25, 0.3) is 0 Å². The Labute approximate surface area is 288 Å². The third-order valence-electron chi connectivity index (χ3n) is 9.08. The van der Waals surface area contributed by atoms with E-state index < -0.39 is 29.6 Å². The van der Waals surface area contributed by atoms with Gasteiger partial charge >= 0.3 is 0 Å². The molecule has 4 rings (SSSR count). The lowest BCUT2D eigenvalue weighted by atomic mass is 10.0. The fourth-order valence-electron chi connectivity index (χ4n) is 6.15. The minimum atomic E-state index is -1.26. The van der Waals surface area contributed by atoms with Gasteiger partial charge in [-0.1, -0.05) is 45.5 Å². The van der Waals surface area contributed by atoms with E-state index in [9.17, 15) is 4.21 Å². The maximum atomic E-state index is 13.5. The van der Waals surface area contributed by atoms with Crippen molar-refractivity contribution in [1.29, 1.82) is 0 Å². The van der Waals surface area contributed by atoms with Gasteiger partial charge in [0.05, 0.1) is 52.6 Å². The molecule has 0 unspecified atom stereocenters. The lowest BCUT2D eigenvalue weighted by Gasteiger charge is -2.38. The molecule has 9 nitrogen and oxygen atoms in total. The Bertz CT molecular complexity index is 1350. The summed E-state index contributed by atoms with van der Waals surface area (Å²) in [7, 11) is -2.51. The first kappa shape index (κ1) is 37.8. The number of imidazole rings is 1. The third kappa shape index (κ3) is 10.0. The summed E-state index contributed by atoms with van der Waals surface area (Å²) in [4.78, 5) is 5.03. The Morgan fingerprint density at radius 1 is 1.09 bits per heavy atom. The average molecular weight is 688 g/mol. The number of nitrogens with zero attached hydrogens (tertiary/aromatic N) is 4.